The highest BCUT2D eigenvalue weighted by Crippen LogP contribution is 2.57. The third kappa shape index (κ3) is 5.13. The van der Waals surface area contributed by atoms with Gasteiger partial charge in [-0.25, -0.2) is 9.18 Å². The number of rotatable bonds is 6. The van der Waals surface area contributed by atoms with E-state index in [2.05, 4.69) is 28.1 Å². The molecule has 3 fully saturated rings. The van der Waals surface area contributed by atoms with Crippen molar-refractivity contribution in [1.29, 1.82) is 0 Å². The van der Waals surface area contributed by atoms with Crippen LogP contribution in [-0.2, 0) is 28.1 Å². The lowest BCUT2D eigenvalue weighted by atomic mass is 9.51. The van der Waals surface area contributed by atoms with Crippen molar-refractivity contribution in [2.75, 3.05) is 11.9 Å². The predicted molar refractivity (Wildman–Crippen MR) is 144 cm³/mol. The lowest BCUT2D eigenvalue weighted by Crippen LogP contribution is -2.56. The molecule has 0 saturated heterocycles. The molecule has 4 amide bonds. The fourth-order valence-corrected chi connectivity index (χ4v) is 6.59. The highest BCUT2D eigenvalue weighted by molar-refractivity contribution is 5.89. The normalized spacial score (nSPS) is 24.1. The van der Waals surface area contributed by atoms with Gasteiger partial charge in [-0.15, -0.1) is 0 Å². The standard InChI is InChI=1S/C30H37FN4O3/c1-20(36)34-28(2,3)19-32-26(37)30-13-10-29(11-14-30,12-15-30)23-5-8-25(9-6-23)33-27(38)35-17-21-4-7-24(31)16-22(21)18-35/h4-9,16H,10-15,17-19H2,1-3H3,(H,32,37)(H,33,38)(H,34,36). The van der Waals surface area contributed by atoms with Gasteiger partial charge in [-0.3, -0.25) is 9.59 Å². The number of benzene rings is 2. The molecule has 8 heteroatoms. The average Bonchev–Trinajstić information content (AvgIpc) is 3.31. The summed E-state index contributed by atoms with van der Waals surface area (Å²) in [6.45, 7) is 6.60. The van der Waals surface area contributed by atoms with Gasteiger partial charge in [0.1, 0.15) is 5.82 Å². The smallest absolute Gasteiger partial charge is 0.322 e. The maximum absolute atomic E-state index is 13.5. The minimum Gasteiger partial charge on any atom is -0.353 e. The van der Waals surface area contributed by atoms with Crippen LogP contribution in [0.1, 0.15) is 76.0 Å². The Hall–Kier alpha value is -3.42. The number of anilines is 1. The van der Waals surface area contributed by atoms with E-state index in [1.165, 1.54) is 24.6 Å². The second-order valence-electron chi connectivity index (χ2n) is 12.1. The number of nitrogens with zero attached hydrogens (tertiary/aromatic N) is 1. The number of hydrogen-bond donors (Lipinski definition) is 3. The molecule has 2 aromatic rings. The van der Waals surface area contributed by atoms with Crippen molar-refractivity contribution in [2.24, 2.45) is 5.41 Å². The number of urea groups is 1. The number of amides is 4. The molecule has 1 heterocycles. The Morgan fingerprint density at radius 1 is 0.921 bits per heavy atom. The minimum atomic E-state index is -0.487. The van der Waals surface area contributed by atoms with E-state index in [1.807, 2.05) is 26.0 Å². The van der Waals surface area contributed by atoms with Crippen LogP contribution in [0, 0.1) is 11.2 Å². The van der Waals surface area contributed by atoms with Gasteiger partial charge in [-0.2, -0.15) is 0 Å². The summed E-state index contributed by atoms with van der Waals surface area (Å²) < 4.78 is 13.5. The summed E-state index contributed by atoms with van der Waals surface area (Å²) in [5.41, 5.74) is 3.09. The van der Waals surface area contributed by atoms with Gasteiger partial charge < -0.3 is 20.9 Å². The van der Waals surface area contributed by atoms with Crippen LogP contribution in [-0.4, -0.2) is 34.8 Å². The molecule has 1 aliphatic heterocycles. The van der Waals surface area contributed by atoms with Crippen LogP contribution >= 0.6 is 0 Å². The first kappa shape index (κ1) is 26.2. The van der Waals surface area contributed by atoms with Crippen molar-refractivity contribution in [3.63, 3.8) is 0 Å². The van der Waals surface area contributed by atoms with E-state index < -0.39 is 5.54 Å². The van der Waals surface area contributed by atoms with Crippen LogP contribution in [0.5, 0.6) is 0 Å². The Kier molecular flexibility index (Phi) is 6.70. The van der Waals surface area contributed by atoms with E-state index in [-0.39, 0.29) is 34.5 Å². The summed E-state index contributed by atoms with van der Waals surface area (Å²) in [7, 11) is 0. The molecule has 4 aliphatic rings. The fraction of sp³-hybridized carbons (Fsp3) is 0.500. The maximum atomic E-state index is 13.5. The zero-order valence-electron chi connectivity index (χ0n) is 22.5. The van der Waals surface area contributed by atoms with E-state index in [0.717, 1.165) is 55.3 Å². The molecule has 7 nitrogen and oxygen atoms in total. The van der Waals surface area contributed by atoms with Gasteiger partial charge in [0.15, 0.2) is 0 Å². The second kappa shape index (κ2) is 9.71. The van der Waals surface area contributed by atoms with E-state index in [1.54, 1.807) is 11.0 Å². The van der Waals surface area contributed by atoms with Crippen molar-refractivity contribution in [1.82, 2.24) is 15.5 Å². The third-order valence-electron chi connectivity index (χ3n) is 8.86. The van der Waals surface area contributed by atoms with E-state index in [9.17, 15) is 18.8 Å². The molecule has 0 unspecified atom stereocenters. The van der Waals surface area contributed by atoms with E-state index in [0.29, 0.717) is 19.6 Å². The Balaban J connectivity index is 1.16. The summed E-state index contributed by atoms with van der Waals surface area (Å²) in [6.07, 6.45) is 5.45. The Morgan fingerprint density at radius 2 is 1.55 bits per heavy atom. The van der Waals surface area contributed by atoms with Crippen molar-refractivity contribution < 1.29 is 18.8 Å². The lowest BCUT2D eigenvalue weighted by Gasteiger charge is -2.53. The largest absolute Gasteiger partial charge is 0.353 e. The molecule has 3 saturated carbocycles. The number of halogens is 1. The van der Waals surface area contributed by atoms with Crippen LogP contribution < -0.4 is 16.0 Å². The summed E-state index contributed by atoms with van der Waals surface area (Å²) in [6, 6.07) is 12.6. The van der Waals surface area contributed by atoms with Crippen molar-refractivity contribution >= 4 is 23.5 Å². The first-order valence-electron chi connectivity index (χ1n) is 13.5. The fourth-order valence-electron chi connectivity index (χ4n) is 6.59. The summed E-state index contributed by atoms with van der Waals surface area (Å²) in [4.78, 5) is 39.1. The zero-order valence-corrected chi connectivity index (χ0v) is 22.5. The molecule has 3 aliphatic carbocycles. The highest BCUT2D eigenvalue weighted by atomic mass is 19.1. The van der Waals surface area contributed by atoms with Crippen molar-refractivity contribution in [2.45, 2.75) is 83.3 Å². The SMILES string of the molecule is CC(=O)NC(C)(C)CNC(=O)C12CCC(c3ccc(NC(=O)N4Cc5ccc(F)cc5C4)cc3)(CC1)CC2. The predicted octanol–water partition coefficient (Wildman–Crippen LogP) is 5.00. The van der Waals surface area contributed by atoms with Gasteiger partial charge in [-0.05, 0) is 98.7 Å². The summed E-state index contributed by atoms with van der Waals surface area (Å²) in [5.74, 6) is -0.282. The Bertz CT molecular complexity index is 1230. The molecule has 0 atom stereocenters. The molecular formula is C30H37FN4O3. The maximum Gasteiger partial charge on any atom is 0.322 e. The number of nitrogens with one attached hydrogen (secondary N) is 3. The van der Waals surface area contributed by atoms with Crippen LogP contribution in [0.25, 0.3) is 0 Å². The van der Waals surface area contributed by atoms with Crippen LogP contribution in [0.3, 0.4) is 0 Å². The first-order chi connectivity index (χ1) is 18.0. The van der Waals surface area contributed by atoms with Crippen LogP contribution in [0.15, 0.2) is 42.5 Å². The molecule has 0 radical (unpaired) electrons. The third-order valence-corrected chi connectivity index (χ3v) is 8.86. The number of carbonyl (C=O) groups is 3. The van der Waals surface area contributed by atoms with Crippen LogP contribution in [0.2, 0.25) is 0 Å². The van der Waals surface area contributed by atoms with Gasteiger partial charge in [0.05, 0.1) is 5.54 Å². The highest BCUT2D eigenvalue weighted by Gasteiger charge is 2.52. The number of hydrogen-bond acceptors (Lipinski definition) is 3. The molecule has 202 valence electrons. The molecular weight excluding hydrogens is 483 g/mol. The van der Waals surface area contributed by atoms with Gasteiger partial charge in [0.25, 0.3) is 0 Å². The molecule has 0 aromatic heterocycles. The van der Waals surface area contributed by atoms with E-state index in [4.69, 9.17) is 0 Å². The average molecular weight is 521 g/mol. The molecule has 0 spiro atoms. The van der Waals surface area contributed by atoms with Gasteiger partial charge in [0.2, 0.25) is 11.8 Å². The Labute approximate surface area is 223 Å². The van der Waals surface area contributed by atoms with E-state index >= 15 is 0 Å². The number of fused-ring (bicyclic) bond motifs is 4. The molecule has 38 heavy (non-hydrogen) atoms. The number of carbonyl (C=O) groups excluding carboxylic acids is 3. The van der Waals surface area contributed by atoms with Gasteiger partial charge in [0, 0.05) is 37.7 Å². The molecule has 6 rings (SSSR count). The quantitative estimate of drug-likeness (QED) is 0.501. The van der Waals surface area contributed by atoms with Gasteiger partial charge in [-0.1, -0.05) is 18.2 Å². The summed E-state index contributed by atoms with van der Waals surface area (Å²) in [5, 5.41) is 8.97. The second-order valence-corrected chi connectivity index (χ2v) is 12.1. The zero-order chi connectivity index (χ0) is 27.1. The lowest BCUT2D eigenvalue weighted by molar-refractivity contribution is -0.138. The van der Waals surface area contributed by atoms with Crippen molar-refractivity contribution in [3.05, 3.63) is 65.0 Å². The molecule has 2 aromatic carbocycles. The first-order valence-corrected chi connectivity index (χ1v) is 13.5. The summed E-state index contributed by atoms with van der Waals surface area (Å²) >= 11 is 0. The molecule has 3 N–H and O–H groups in total. The topological polar surface area (TPSA) is 90.5 Å². The molecule has 2 bridgehead atoms. The Morgan fingerprint density at radius 3 is 2.18 bits per heavy atom. The van der Waals surface area contributed by atoms with Gasteiger partial charge >= 0.3 is 6.03 Å². The van der Waals surface area contributed by atoms with Crippen LogP contribution in [0.4, 0.5) is 14.9 Å². The minimum absolute atomic E-state index is 0.0701. The van der Waals surface area contributed by atoms with Crippen molar-refractivity contribution in [3.8, 4) is 0 Å². The monoisotopic (exact) mass is 520 g/mol.